The Morgan fingerprint density at radius 1 is 1.23 bits per heavy atom. The molecule has 0 bridgehead atoms. The first kappa shape index (κ1) is 16.7. The van der Waals surface area contributed by atoms with Gasteiger partial charge in [-0.15, -0.1) is 0 Å². The first-order valence-corrected chi connectivity index (χ1v) is 8.20. The number of halogens is 2. The van der Waals surface area contributed by atoms with Gasteiger partial charge in [0.1, 0.15) is 5.75 Å². The number of amides is 1. The minimum atomic E-state index is -0.273. The van der Waals surface area contributed by atoms with Crippen LogP contribution in [0.4, 0.5) is 0 Å². The number of carbonyl (C=O) groups excluding carboxylic acids is 1. The Kier molecular flexibility index (Phi) is 6.15. The molecule has 4 nitrogen and oxygen atoms in total. The molecule has 22 heavy (non-hydrogen) atoms. The molecule has 0 unspecified atom stereocenters. The van der Waals surface area contributed by atoms with Crippen LogP contribution in [0.1, 0.15) is 22.8 Å². The summed E-state index contributed by atoms with van der Waals surface area (Å²) in [6, 6.07) is 12.7. The van der Waals surface area contributed by atoms with Crippen molar-refractivity contribution in [2.45, 2.75) is 6.92 Å². The van der Waals surface area contributed by atoms with Crippen molar-refractivity contribution in [1.29, 1.82) is 0 Å². The maximum absolute atomic E-state index is 12.0. The van der Waals surface area contributed by atoms with Gasteiger partial charge in [-0.2, -0.15) is 5.10 Å². The summed E-state index contributed by atoms with van der Waals surface area (Å²) >= 11 is 6.73. The van der Waals surface area contributed by atoms with Crippen molar-refractivity contribution in [2.24, 2.45) is 5.10 Å². The first-order chi connectivity index (χ1) is 10.6. The molecule has 0 aliphatic carbocycles. The van der Waals surface area contributed by atoms with Crippen molar-refractivity contribution in [3.63, 3.8) is 0 Å². The van der Waals surface area contributed by atoms with Crippen molar-refractivity contribution < 1.29 is 9.53 Å². The number of nitrogens with zero attached hydrogens (tertiary/aromatic N) is 1. The van der Waals surface area contributed by atoms with Gasteiger partial charge < -0.3 is 4.74 Å². The Labute approximate surface area is 145 Å². The topological polar surface area (TPSA) is 50.7 Å². The Balaban J connectivity index is 2.09. The zero-order valence-corrected chi connectivity index (χ0v) is 15.0. The standard InChI is InChI=1S/C16H14Br2N2O2/c1-2-22-15-7-6-14(18)9-12(15)10-19-20-16(21)11-4-3-5-13(17)8-11/h3-10H,2H2,1H3,(H,20,21)/b19-10+. The molecule has 0 saturated carbocycles. The van der Waals surface area contributed by atoms with Gasteiger partial charge in [-0.05, 0) is 43.3 Å². The molecule has 0 aliphatic rings. The second-order valence-electron chi connectivity index (χ2n) is 4.32. The maximum Gasteiger partial charge on any atom is 0.271 e. The van der Waals surface area contributed by atoms with Crippen LogP contribution in [0.2, 0.25) is 0 Å². The van der Waals surface area contributed by atoms with Crippen LogP contribution >= 0.6 is 31.9 Å². The third-order valence-corrected chi connectivity index (χ3v) is 3.71. The van der Waals surface area contributed by atoms with E-state index in [1.807, 2.05) is 31.2 Å². The summed E-state index contributed by atoms with van der Waals surface area (Å²) in [6.45, 7) is 2.48. The number of ether oxygens (including phenoxy) is 1. The predicted octanol–water partition coefficient (Wildman–Crippen LogP) is 4.37. The van der Waals surface area contributed by atoms with E-state index in [-0.39, 0.29) is 5.91 Å². The number of hydrogen-bond donors (Lipinski definition) is 1. The number of rotatable bonds is 5. The number of hydrazone groups is 1. The summed E-state index contributed by atoms with van der Waals surface area (Å²) in [7, 11) is 0. The van der Waals surface area contributed by atoms with Gasteiger partial charge in [0.05, 0.1) is 12.8 Å². The maximum atomic E-state index is 12.0. The molecule has 1 N–H and O–H groups in total. The van der Waals surface area contributed by atoms with Crippen LogP contribution in [0.15, 0.2) is 56.5 Å². The fourth-order valence-corrected chi connectivity index (χ4v) is 2.54. The number of carbonyl (C=O) groups is 1. The summed E-state index contributed by atoms with van der Waals surface area (Å²) in [4.78, 5) is 12.0. The molecule has 0 aromatic heterocycles. The van der Waals surface area contributed by atoms with Crippen LogP contribution in [0.3, 0.4) is 0 Å². The van der Waals surface area contributed by atoms with Crippen LogP contribution in [-0.4, -0.2) is 18.7 Å². The lowest BCUT2D eigenvalue weighted by molar-refractivity contribution is 0.0955. The van der Waals surface area contributed by atoms with Crippen LogP contribution in [0.5, 0.6) is 5.75 Å². The third kappa shape index (κ3) is 4.68. The molecule has 2 rings (SSSR count). The van der Waals surface area contributed by atoms with Gasteiger partial charge >= 0.3 is 0 Å². The Bertz CT molecular complexity index is 702. The van der Waals surface area contributed by atoms with E-state index in [9.17, 15) is 4.79 Å². The van der Waals surface area contributed by atoms with Gasteiger partial charge in [0.15, 0.2) is 0 Å². The van der Waals surface area contributed by atoms with E-state index in [0.29, 0.717) is 17.9 Å². The fourth-order valence-electron chi connectivity index (χ4n) is 1.76. The lowest BCUT2D eigenvalue weighted by Gasteiger charge is -2.07. The molecule has 0 heterocycles. The van der Waals surface area contributed by atoms with Gasteiger partial charge in [0.25, 0.3) is 5.91 Å². The van der Waals surface area contributed by atoms with Crippen LogP contribution < -0.4 is 10.2 Å². The van der Waals surface area contributed by atoms with E-state index in [0.717, 1.165) is 14.5 Å². The molecule has 0 spiro atoms. The molecular weight excluding hydrogens is 412 g/mol. The van der Waals surface area contributed by atoms with Gasteiger partial charge in [-0.3, -0.25) is 4.79 Å². The van der Waals surface area contributed by atoms with E-state index in [1.165, 1.54) is 0 Å². The minimum Gasteiger partial charge on any atom is -0.493 e. The minimum absolute atomic E-state index is 0.273. The Morgan fingerprint density at radius 3 is 2.73 bits per heavy atom. The van der Waals surface area contributed by atoms with E-state index < -0.39 is 0 Å². The Hall–Kier alpha value is -1.66. The van der Waals surface area contributed by atoms with E-state index in [2.05, 4.69) is 42.4 Å². The highest BCUT2D eigenvalue weighted by Gasteiger charge is 2.05. The number of nitrogens with one attached hydrogen (secondary N) is 1. The molecule has 0 radical (unpaired) electrons. The lowest BCUT2D eigenvalue weighted by atomic mass is 10.2. The largest absolute Gasteiger partial charge is 0.493 e. The molecule has 2 aromatic carbocycles. The fraction of sp³-hybridized carbons (Fsp3) is 0.125. The highest BCUT2D eigenvalue weighted by atomic mass is 79.9. The normalized spacial score (nSPS) is 10.7. The summed E-state index contributed by atoms with van der Waals surface area (Å²) in [6.07, 6.45) is 1.56. The van der Waals surface area contributed by atoms with Gasteiger partial charge in [-0.1, -0.05) is 37.9 Å². The zero-order chi connectivity index (χ0) is 15.9. The lowest BCUT2D eigenvalue weighted by Crippen LogP contribution is -2.17. The highest BCUT2D eigenvalue weighted by Crippen LogP contribution is 2.21. The average molecular weight is 426 g/mol. The van der Waals surface area contributed by atoms with Crippen molar-refractivity contribution >= 4 is 44.0 Å². The summed E-state index contributed by atoms with van der Waals surface area (Å²) in [5.41, 5.74) is 3.82. The molecule has 6 heteroatoms. The van der Waals surface area contributed by atoms with E-state index in [1.54, 1.807) is 24.4 Å². The second kappa shape index (κ2) is 8.10. The molecular formula is C16H14Br2N2O2. The predicted molar refractivity (Wildman–Crippen MR) is 94.5 cm³/mol. The van der Waals surface area contributed by atoms with E-state index >= 15 is 0 Å². The summed E-state index contributed by atoms with van der Waals surface area (Å²) in [5, 5.41) is 3.99. The van der Waals surface area contributed by atoms with Gasteiger partial charge in [0, 0.05) is 20.1 Å². The van der Waals surface area contributed by atoms with Crippen molar-refractivity contribution in [3.05, 3.63) is 62.5 Å². The molecule has 0 aliphatic heterocycles. The average Bonchev–Trinajstić information content (AvgIpc) is 2.50. The molecule has 1 amide bonds. The summed E-state index contributed by atoms with van der Waals surface area (Å²) in [5.74, 6) is 0.441. The SMILES string of the molecule is CCOc1ccc(Br)cc1/C=N/NC(=O)c1cccc(Br)c1. The first-order valence-electron chi connectivity index (χ1n) is 6.61. The zero-order valence-electron chi connectivity index (χ0n) is 11.8. The monoisotopic (exact) mass is 424 g/mol. The molecule has 0 atom stereocenters. The molecule has 114 valence electrons. The molecule has 0 saturated heterocycles. The van der Waals surface area contributed by atoms with Crippen molar-refractivity contribution in [3.8, 4) is 5.75 Å². The van der Waals surface area contributed by atoms with Crippen LogP contribution in [0.25, 0.3) is 0 Å². The highest BCUT2D eigenvalue weighted by molar-refractivity contribution is 9.10. The number of benzene rings is 2. The van der Waals surface area contributed by atoms with Crippen molar-refractivity contribution in [2.75, 3.05) is 6.61 Å². The van der Waals surface area contributed by atoms with Gasteiger partial charge in [-0.25, -0.2) is 5.43 Å². The Morgan fingerprint density at radius 2 is 2.00 bits per heavy atom. The molecule has 2 aromatic rings. The number of hydrogen-bond acceptors (Lipinski definition) is 3. The van der Waals surface area contributed by atoms with Gasteiger partial charge in [0.2, 0.25) is 0 Å². The molecule has 0 fully saturated rings. The van der Waals surface area contributed by atoms with Crippen LogP contribution in [0, 0.1) is 0 Å². The summed E-state index contributed by atoms with van der Waals surface area (Å²) < 4.78 is 7.27. The van der Waals surface area contributed by atoms with Crippen LogP contribution in [-0.2, 0) is 0 Å². The van der Waals surface area contributed by atoms with E-state index in [4.69, 9.17) is 4.74 Å². The second-order valence-corrected chi connectivity index (χ2v) is 6.16. The quantitative estimate of drug-likeness (QED) is 0.571. The smallest absolute Gasteiger partial charge is 0.271 e. The third-order valence-electron chi connectivity index (χ3n) is 2.73. The van der Waals surface area contributed by atoms with Crippen molar-refractivity contribution in [1.82, 2.24) is 5.43 Å².